The van der Waals surface area contributed by atoms with Gasteiger partial charge in [-0.25, -0.2) is 0 Å². The molecule has 1 unspecified atom stereocenters. The van der Waals surface area contributed by atoms with Crippen LogP contribution in [0.15, 0.2) is 18.2 Å². The lowest BCUT2D eigenvalue weighted by molar-refractivity contribution is -0.117. The quantitative estimate of drug-likeness (QED) is 0.658. The molecule has 5 nitrogen and oxygen atoms in total. The Kier molecular flexibility index (Phi) is 3.20. The number of nitrogen functional groups attached to an aromatic ring is 1. The summed E-state index contributed by atoms with van der Waals surface area (Å²) < 4.78 is 34.5. The number of nitrogens with two attached hydrogens (primary N) is 1. The molecule has 0 radical (unpaired) electrons. The predicted molar refractivity (Wildman–Crippen MR) is 66.7 cm³/mol. The number of rotatable bonds is 2. The van der Waals surface area contributed by atoms with Gasteiger partial charge in [0.25, 0.3) is 0 Å². The first-order valence-electron chi connectivity index (χ1n) is 5.08. The lowest BCUT2D eigenvalue weighted by atomic mass is 10.2. The average Bonchev–Trinajstić information content (AvgIpc) is 2.60. The Morgan fingerprint density at radius 2 is 2.11 bits per heavy atom. The number of halogens is 2. The molecule has 1 amide bonds. The van der Waals surface area contributed by atoms with Gasteiger partial charge in [0.05, 0.1) is 11.4 Å². The lowest BCUT2D eigenvalue weighted by Gasteiger charge is -2.18. The van der Waals surface area contributed by atoms with Gasteiger partial charge in [-0.15, -0.1) is 3.89 Å². The van der Waals surface area contributed by atoms with E-state index in [0.29, 0.717) is 10.7 Å². The van der Waals surface area contributed by atoms with Crippen molar-refractivity contribution in [1.29, 1.82) is 0 Å². The minimum atomic E-state index is -4.73. The molecule has 2 N–H and O–H groups in total. The SMILES string of the molecule is Nc1cc(Cl)ccc1N1CC(S(=O)(=O)F)CC1=O. The Hall–Kier alpha value is -1.34. The third-order valence-electron chi connectivity index (χ3n) is 2.77. The van der Waals surface area contributed by atoms with Crippen molar-refractivity contribution in [3.63, 3.8) is 0 Å². The van der Waals surface area contributed by atoms with Crippen molar-refractivity contribution in [2.24, 2.45) is 0 Å². The maximum absolute atomic E-state index is 12.9. The second kappa shape index (κ2) is 4.40. The summed E-state index contributed by atoms with van der Waals surface area (Å²) in [6.45, 7) is -0.233. The van der Waals surface area contributed by atoms with Gasteiger partial charge in [-0.3, -0.25) is 4.79 Å². The Bertz CT molecular complexity index is 605. The second-order valence-corrected chi connectivity index (χ2v) is 6.06. The van der Waals surface area contributed by atoms with Crippen LogP contribution in [-0.4, -0.2) is 26.1 Å². The van der Waals surface area contributed by atoms with E-state index in [2.05, 4.69) is 0 Å². The molecule has 0 bridgehead atoms. The smallest absolute Gasteiger partial charge is 0.307 e. The van der Waals surface area contributed by atoms with Gasteiger partial charge >= 0.3 is 10.2 Å². The molecule has 1 aromatic carbocycles. The number of amides is 1. The van der Waals surface area contributed by atoms with E-state index >= 15 is 0 Å². The Balaban J connectivity index is 2.33. The first-order valence-corrected chi connectivity index (χ1v) is 6.90. The fourth-order valence-corrected chi connectivity index (χ4v) is 2.72. The van der Waals surface area contributed by atoms with Gasteiger partial charge in [0.1, 0.15) is 5.25 Å². The van der Waals surface area contributed by atoms with Gasteiger partial charge in [0.2, 0.25) is 5.91 Å². The van der Waals surface area contributed by atoms with Gasteiger partial charge in [-0.1, -0.05) is 11.6 Å². The summed E-state index contributed by atoms with van der Waals surface area (Å²) in [5.41, 5.74) is 6.28. The molecule has 0 aliphatic carbocycles. The normalized spacial score (nSPS) is 20.4. The van der Waals surface area contributed by atoms with Crippen molar-refractivity contribution < 1.29 is 17.1 Å². The van der Waals surface area contributed by atoms with Crippen molar-refractivity contribution in [2.75, 3.05) is 17.2 Å². The number of carbonyl (C=O) groups excluding carboxylic acids is 1. The number of hydrogen-bond donors (Lipinski definition) is 1. The second-order valence-electron chi connectivity index (χ2n) is 4.01. The number of anilines is 2. The van der Waals surface area contributed by atoms with Gasteiger partial charge in [-0.05, 0) is 18.2 Å². The monoisotopic (exact) mass is 292 g/mol. The summed E-state index contributed by atoms with van der Waals surface area (Å²) in [5.74, 6) is -0.477. The Morgan fingerprint density at radius 3 is 2.61 bits per heavy atom. The highest BCUT2D eigenvalue weighted by Gasteiger charge is 2.39. The van der Waals surface area contributed by atoms with E-state index in [1.54, 1.807) is 0 Å². The summed E-state index contributed by atoms with van der Waals surface area (Å²) >= 11 is 5.72. The molecular formula is C10H10ClFN2O3S. The van der Waals surface area contributed by atoms with Gasteiger partial charge < -0.3 is 10.6 Å². The molecule has 8 heteroatoms. The molecule has 0 saturated carbocycles. The zero-order chi connectivity index (χ0) is 13.5. The van der Waals surface area contributed by atoms with Crippen LogP contribution in [-0.2, 0) is 15.0 Å². The van der Waals surface area contributed by atoms with Crippen molar-refractivity contribution >= 4 is 39.1 Å². The van der Waals surface area contributed by atoms with E-state index in [9.17, 15) is 17.1 Å². The number of benzene rings is 1. The zero-order valence-electron chi connectivity index (χ0n) is 9.14. The molecule has 1 aromatic rings. The lowest BCUT2D eigenvalue weighted by Crippen LogP contribution is -2.27. The maximum Gasteiger partial charge on any atom is 0.307 e. The van der Waals surface area contributed by atoms with Crippen LogP contribution < -0.4 is 10.6 Å². The highest BCUT2D eigenvalue weighted by Crippen LogP contribution is 2.31. The van der Waals surface area contributed by atoms with Crippen molar-refractivity contribution in [1.82, 2.24) is 0 Å². The average molecular weight is 293 g/mol. The number of carbonyl (C=O) groups is 1. The van der Waals surface area contributed by atoms with Crippen LogP contribution in [0, 0.1) is 0 Å². The summed E-state index contributed by atoms with van der Waals surface area (Å²) in [7, 11) is -4.73. The predicted octanol–water partition coefficient (Wildman–Crippen LogP) is 1.33. The van der Waals surface area contributed by atoms with E-state index < -0.39 is 21.4 Å². The van der Waals surface area contributed by atoms with Crippen LogP contribution >= 0.6 is 11.6 Å². The molecule has 1 heterocycles. The van der Waals surface area contributed by atoms with E-state index in [1.165, 1.54) is 18.2 Å². The van der Waals surface area contributed by atoms with E-state index in [0.717, 1.165) is 4.90 Å². The van der Waals surface area contributed by atoms with Gasteiger partial charge in [0, 0.05) is 18.0 Å². The van der Waals surface area contributed by atoms with E-state index in [1.807, 2.05) is 0 Å². The van der Waals surface area contributed by atoms with Crippen LogP contribution in [0.1, 0.15) is 6.42 Å². The van der Waals surface area contributed by atoms with Crippen molar-refractivity contribution in [3.05, 3.63) is 23.2 Å². The summed E-state index contributed by atoms with van der Waals surface area (Å²) in [5, 5.41) is -0.933. The standard InChI is InChI=1S/C10H10ClFN2O3S/c11-6-1-2-9(8(13)3-6)14-5-7(4-10(14)15)18(12,16)17/h1-3,7H,4-5,13H2. The van der Waals surface area contributed by atoms with Gasteiger partial charge in [0.15, 0.2) is 0 Å². The number of hydrogen-bond acceptors (Lipinski definition) is 4. The van der Waals surface area contributed by atoms with Crippen LogP contribution in [0.3, 0.4) is 0 Å². The first-order chi connectivity index (χ1) is 8.29. The van der Waals surface area contributed by atoms with Crippen LogP contribution in [0.5, 0.6) is 0 Å². The van der Waals surface area contributed by atoms with Crippen LogP contribution in [0.25, 0.3) is 0 Å². The van der Waals surface area contributed by atoms with Crippen LogP contribution in [0.2, 0.25) is 5.02 Å². The molecule has 18 heavy (non-hydrogen) atoms. The molecule has 98 valence electrons. The molecule has 1 atom stereocenters. The largest absolute Gasteiger partial charge is 0.397 e. The molecular weight excluding hydrogens is 283 g/mol. The highest BCUT2D eigenvalue weighted by molar-refractivity contribution is 7.87. The Labute approximate surface area is 109 Å². The number of nitrogens with zero attached hydrogens (tertiary/aromatic N) is 1. The summed E-state index contributed by atoms with van der Waals surface area (Å²) in [6.07, 6.45) is -0.374. The van der Waals surface area contributed by atoms with Crippen molar-refractivity contribution in [2.45, 2.75) is 11.7 Å². The van der Waals surface area contributed by atoms with Crippen LogP contribution in [0.4, 0.5) is 15.3 Å². The Morgan fingerprint density at radius 1 is 1.44 bits per heavy atom. The topological polar surface area (TPSA) is 80.5 Å². The molecule has 1 saturated heterocycles. The van der Waals surface area contributed by atoms with Gasteiger partial charge in [-0.2, -0.15) is 8.42 Å². The summed E-state index contributed by atoms with van der Waals surface area (Å²) in [6, 6.07) is 4.47. The summed E-state index contributed by atoms with van der Waals surface area (Å²) in [4.78, 5) is 12.8. The molecule has 0 aromatic heterocycles. The molecule has 0 spiro atoms. The highest BCUT2D eigenvalue weighted by atomic mass is 35.5. The third kappa shape index (κ3) is 2.41. The van der Waals surface area contributed by atoms with E-state index in [4.69, 9.17) is 17.3 Å². The minimum absolute atomic E-state index is 0.233. The van der Waals surface area contributed by atoms with Crippen molar-refractivity contribution in [3.8, 4) is 0 Å². The molecule has 2 rings (SSSR count). The fourth-order valence-electron chi connectivity index (χ4n) is 1.87. The molecule has 1 fully saturated rings. The molecule has 1 aliphatic rings. The maximum atomic E-state index is 12.9. The minimum Gasteiger partial charge on any atom is -0.397 e. The third-order valence-corrected chi connectivity index (χ3v) is 4.12. The first kappa shape index (κ1) is 13.1. The fraction of sp³-hybridized carbons (Fsp3) is 0.300. The molecule has 1 aliphatic heterocycles. The van der Waals surface area contributed by atoms with E-state index in [-0.39, 0.29) is 18.7 Å². The zero-order valence-corrected chi connectivity index (χ0v) is 10.7.